The summed E-state index contributed by atoms with van der Waals surface area (Å²) in [6.45, 7) is 7.71. The predicted molar refractivity (Wildman–Crippen MR) is 83.3 cm³/mol. The minimum absolute atomic E-state index is 0.0394. The fraction of sp³-hybridized carbons (Fsp3) is 1.00. The molecule has 1 fully saturated rings. The van der Waals surface area contributed by atoms with E-state index < -0.39 is 0 Å². The molecule has 1 saturated heterocycles. The molecule has 3 unspecified atom stereocenters. The SMILES string of the molecule is CCCCCCCCCCC(C)C(C)(N)CC1CO1. The van der Waals surface area contributed by atoms with Crippen LogP contribution in [-0.2, 0) is 4.74 Å². The van der Waals surface area contributed by atoms with Gasteiger partial charge in [-0.25, -0.2) is 0 Å². The average molecular weight is 269 g/mol. The number of unbranched alkanes of at least 4 members (excludes halogenated alkanes) is 7. The molecule has 1 aliphatic heterocycles. The first-order valence-corrected chi connectivity index (χ1v) is 8.46. The number of ether oxygens (including phenoxy) is 1. The summed E-state index contributed by atoms with van der Waals surface area (Å²) in [6.07, 6.45) is 13.9. The van der Waals surface area contributed by atoms with E-state index in [2.05, 4.69) is 20.8 Å². The van der Waals surface area contributed by atoms with Crippen LogP contribution in [0.2, 0.25) is 0 Å². The van der Waals surface area contributed by atoms with Gasteiger partial charge >= 0.3 is 0 Å². The maximum absolute atomic E-state index is 6.42. The Balaban J connectivity index is 1.95. The summed E-state index contributed by atoms with van der Waals surface area (Å²) in [7, 11) is 0. The van der Waals surface area contributed by atoms with Gasteiger partial charge in [0.15, 0.2) is 0 Å². The molecule has 2 heteroatoms. The average Bonchev–Trinajstić information content (AvgIpc) is 3.15. The van der Waals surface area contributed by atoms with Gasteiger partial charge in [-0.2, -0.15) is 0 Å². The summed E-state index contributed by atoms with van der Waals surface area (Å²) in [5, 5.41) is 0. The van der Waals surface area contributed by atoms with Gasteiger partial charge in [0.1, 0.15) is 0 Å². The van der Waals surface area contributed by atoms with Gasteiger partial charge in [-0.05, 0) is 25.7 Å². The van der Waals surface area contributed by atoms with E-state index in [1.54, 1.807) is 0 Å². The summed E-state index contributed by atoms with van der Waals surface area (Å²) in [5.41, 5.74) is 6.38. The lowest BCUT2D eigenvalue weighted by atomic mass is 9.81. The van der Waals surface area contributed by atoms with Crippen molar-refractivity contribution < 1.29 is 4.74 Å². The Morgan fingerprint density at radius 3 is 2.16 bits per heavy atom. The molecule has 19 heavy (non-hydrogen) atoms. The van der Waals surface area contributed by atoms with Crippen molar-refractivity contribution in [2.24, 2.45) is 11.7 Å². The van der Waals surface area contributed by atoms with E-state index in [9.17, 15) is 0 Å². The molecule has 1 heterocycles. The molecule has 114 valence electrons. The molecule has 0 spiro atoms. The molecule has 1 aliphatic rings. The smallest absolute Gasteiger partial charge is 0.0827 e. The molecular weight excluding hydrogens is 234 g/mol. The zero-order valence-electron chi connectivity index (χ0n) is 13.4. The minimum atomic E-state index is -0.0394. The number of nitrogens with two attached hydrogens (primary N) is 1. The maximum Gasteiger partial charge on any atom is 0.0827 e. The number of rotatable bonds is 12. The van der Waals surface area contributed by atoms with Crippen LogP contribution in [0.15, 0.2) is 0 Å². The van der Waals surface area contributed by atoms with Crippen molar-refractivity contribution in [3.8, 4) is 0 Å². The molecule has 0 aromatic rings. The van der Waals surface area contributed by atoms with Crippen LogP contribution < -0.4 is 5.73 Å². The van der Waals surface area contributed by atoms with Gasteiger partial charge in [0, 0.05) is 5.54 Å². The van der Waals surface area contributed by atoms with Crippen molar-refractivity contribution in [3.63, 3.8) is 0 Å². The Hall–Kier alpha value is -0.0800. The molecule has 0 amide bonds. The second kappa shape index (κ2) is 8.97. The third-order valence-corrected chi connectivity index (χ3v) is 4.69. The van der Waals surface area contributed by atoms with Gasteiger partial charge in [0.05, 0.1) is 12.7 Å². The number of hydrogen-bond acceptors (Lipinski definition) is 2. The summed E-state index contributed by atoms with van der Waals surface area (Å²) >= 11 is 0. The summed E-state index contributed by atoms with van der Waals surface area (Å²) < 4.78 is 5.30. The Bertz CT molecular complexity index is 223. The Morgan fingerprint density at radius 1 is 1.11 bits per heavy atom. The molecule has 3 atom stereocenters. The van der Waals surface area contributed by atoms with Crippen LogP contribution in [0, 0.1) is 5.92 Å². The Kier molecular flexibility index (Phi) is 8.01. The van der Waals surface area contributed by atoms with Crippen molar-refractivity contribution in [3.05, 3.63) is 0 Å². The molecule has 2 nitrogen and oxygen atoms in total. The second-order valence-corrected chi connectivity index (χ2v) is 6.83. The first-order chi connectivity index (χ1) is 9.06. The molecule has 0 aliphatic carbocycles. The quantitative estimate of drug-likeness (QED) is 0.413. The van der Waals surface area contributed by atoms with E-state index in [0.29, 0.717) is 12.0 Å². The van der Waals surface area contributed by atoms with Crippen LogP contribution in [0.4, 0.5) is 0 Å². The van der Waals surface area contributed by atoms with E-state index in [1.165, 1.54) is 57.8 Å². The van der Waals surface area contributed by atoms with Gasteiger partial charge in [0.2, 0.25) is 0 Å². The highest BCUT2D eigenvalue weighted by Crippen LogP contribution is 2.29. The summed E-state index contributed by atoms with van der Waals surface area (Å²) in [4.78, 5) is 0. The van der Waals surface area contributed by atoms with Crippen LogP contribution in [0.5, 0.6) is 0 Å². The van der Waals surface area contributed by atoms with Crippen LogP contribution in [-0.4, -0.2) is 18.2 Å². The lowest BCUT2D eigenvalue weighted by Crippen LogP contribution is -2.44. The summed E-state index contributed by atoms with van der Waals surface area (Å²) in [6, 6.07) is 0. The van der Waals surface area contributed by atoms with E-state index >= 15 is 0 Å². The van der Waals surface area contributed by atoms with Gasteiger partial charge < -0.3 is 10.5 Å². The third kappa shape index (κ3) is 7.94. The van der Waals surface area contributed by atoms with Gasteiger partial charge in [-0.1, -0.05) is 65.2 Å². The predicted octanol–water partition coefficient (Wildman–Crippen LogP) is 4.66. The van der Waals surface area contributed by atoms with E-state index in [4.69, 9.17) is 10.5 Å². The fourth-order valence-corrected chi connectivity index (χ4v) is 2.79. The molecule has 1 rings (SSSR count). The topological polar surface area (TPSA) is 38.5 Å². The van der Waals surface area contributed by atoms with Crippen LogP contribution in [0.3, 0.4) is 0 Å². The van der Waals surface area contributed by atoms with Crippen LogP contribution >= 0.6 is 0 Å². The lowest BCUT2D eigenvalue weighted by molar-refractivity contribution is 0.244. The lowest BCUT2D eigenvalue weighted by Gasteiger charge is -2.31. The van der Waals surface area contributed by atoms with E-state index in [1.807, 2.05) is 0 Å². The second-order valence-electron chi connectivity index (χ2n) is 6.83. The molecule has 2 N–H and O–H groups in total. The van der Waals surface area contributed by atoms with Gasteiger partial charge in [-0.3, -0.25) is 0 Å². The Labute approximate surface area is 120 Å². The van der Waals surface area contributed by atoms with E-state index in [0.717, 1.165) is 13.0 Å². The third-order valence-electron chi connectivity index (χ3n) is 4.69. The number of epoxide rings is 1. The van der Waals surface area contributed by atoms with Crippen molar-refractivity contribution in [1.29, 1.82) is 0 Å². The standard InChI is InChI=1S/C17H35NO/c1-4-5-6-7-8-9-10-11-12-15(2)17(3,18)13-16-14-19-16/h15-16H,4-14,18H2,1-3H3. The Morgan fingerprint density at radius 2 is 1.63 bits per heavy atom. The van der Waals surface area contributed by atoms with Crippen molar-refractivity contribution in [2.75, 3.05) is 6.61 Å². The first kappa shape index (κ1) is 17.0. The fourth-order valence-electron chi connectivity index (χ4n) is 2.79. The highest BCUT2D eigenvalue weighted by atomic mass is 16.6. The van der Waals surface area contributed by atoms with Crippen LogP contribution in [0.1, 0.15) is 85.0 Å². The molecule has 0 bridgehead atoms. The zero-order chi connectivity index (χ0) is 14.1. The molecule has 0 aromatic carbocycles. The van der Waals surface area contributed by atoms with Crippen molar-refractivity contribution >= 4 is 0 Å². The van der Waals surface area contributed by atoms with Crippen molar-refractivity contribution in [1.82, 2.24) is 0 Å². The molecule has 0 aromatic heterocycles. The normalized spacial score (nSPS) is 23.1. The molecule has 0 saturated carbocycles. The highest BCUT2D eigenvalue weighted by molar-refractivity contribution is 4.90. The van der Waals surface area contributed by atoms with Crippen LogP contribution in [0.25, 0.3) is 0 Å². The first-order valence-electron chi connectivity index (χ1n) is 8.46. The van der Waals surface area contributed by atoms with E-state index in [-0.39, 0.29) is 5.54 Å². The van der Waals surface area contributed by atoms with Gasteiger partial charge in [-0.15, -0.1) is 0 Å². The maximum atomic E-state index is 6.42. The molecular formula is C17H35NO. The zero-order valence-corrected chi connectivity index (χ0v) is 13.4. The van der Waals surface area contributed by atoms with Gasteiger partial charge in [0.25, 0.3) is 0 Å². The molecule has 0 radical (unpaired) electrons. The monoisotopic (exact) mass is 269 g/mol. The van der Waals surface area contributed by atoms with Crippen molar-refractivity contribution in [2.45, 2.75) is 96.6 Å². The largest absolute Gasteiger partial charge is 0.373 e. The number of hydrogen-bond donors (Lipinski definition) is 1. The summed E-state index contributed by atoms with van der Waals surface area (Å²) in [5.74, 6) is 0.608. The minimum Gasteiger partial charge on any atom is -0.373 e. The highest BCUT2D eigenvalue weighted by Gasteiger charge is 2.34.